The molecule has 206 valence electrons. The fraction of sp³-hybridized carbons (Fsp3) is 0.0476. The predicted molar refractivity (Wildman–Crippen MR) is 185 cm³/mol. The molecule has 0 atom stereocenters. The molecule has 0 saturated heterocycles. The lowest BCUT2D eigenvalue weighted by atomic mass is 9.90. The predicted octanol–water partition coefficient (Wildman–Crippen LogP) is 11.8. The normalized spacial score (nSPS) is 11.6. The highest BCUT2D eigenvalue weighted by molar-refractivity contribution is 6.03. The van der Waals surface area contributed by atoms with Crippen LogP contribution in [-0.4, -0.2) is 0 Å². The van der Waals surface area contributed by atoms with E-state index in [1.807, 2.05) is 0 Å². The summed E-state index contributed by atoms with van der Waals surface area (Å²) >= 11 is 0. The van der Waals surface area contributed by atoms with E-state index >= 15 is 0 Å². The molecule has 1 nitrogen and oxygen atoms in total. The lowest BCUT2D eigenvalue weighted by Gasteiger charge is -2.26. The molecule has 7 aromatic rings. The third-order valence-electron chi connectivity index (χ3n) is 8.34. The Balaban J connectivity index is 1.24. The van der Waals surface area contributed by atoms with Gasteiger partial charge in [0.05, 0.1) is 0 Å². The number of allylic oxidation sites excluding steroid dienone is 2. The molecule has 0 heterocycles. The van der Waals surface area contributed by atoms with Gasteiger partial charge >= 0.3 is 0 Å². The number of rotatable bonds is 7. The monoisotopic (exact) mass is 551 g/mol. The summed E-state index contributed by atoms with van der Waals surface area (Å²) < 4.78 is 0. The van der Waals surface area contributed by atoms with Crippen molar-refractivity contribution in [2.45, 2.75) is 13.3 Å². The van der Waals surface area contributed by atoms with Crippen molar-refractivity contribution in [3.63, 3.8) is 0 Å². The van der Waals surface area contributed by atoms with Gasteiger partial charge < -0.3 is 4.90 Å². The number of hydrogen-bond donors (Lipinski definition) is 0. The van der Waals surface area contributed by atoms with Gasteiger partial charge in [0.2, 0.25) is 0 Å². The Morgan fingerprint density at radius 3 is 1.53 bits per heavy atom. The largest absolute Gasteiger partial charge is 0.311 e. The first-order valence-corrected chi connectivity index (χ1v) is 14.9. The zero-order chi connectivity index (χ0) is 29.0. The van der Waals surface area contributed by atoms with Crippen molar-refractivity contribution >= 4 is 44.2 Å². The molecule has 43 heavy (non-hydrogen) atoms. The molecule has 0 N–H and O–H groups in total. The van der Waals surface area contributed by atoms with E-state index in [9.17, 15) is 0 Å². The van der Waals surface area contributed by atoms with Gasteiger partial charge in [0, 0.05) is 17.1 Å². The van der Waals surface area contributed by atoms with Gasteiger partial charge in [-0.2, -0.15) is 0 Å². The lowest BCUT2D eigenvalue weighted by molar-refractivity contribution is 1.27. The molecule has 0 aliphatic heterocycles. The van der Waals surface area contributed by atoms with Crippen LogP contribution >= 0.6 is 0 Å². The molecule has 0 bridgehead atoms. The van der Waals surface area contributed by atoms with Crippen LogP contribution in [0.15, 0.2) is 170 Å². The Kier molecular flexibility index (Phi) is 7.29. The van der Waals surface area contributed by atoms with Crippen LogP contribution in [0.4, 0.5) is 17.1 Å². The molecule has 0 fully saturated rings. The topological polar surface area (TPSA) is 3.24 Å². The van der Waals surface area contributed by atoms with Gasteiger partial charge in [-0.25, -0.2) is 0 Å². The first-order chi connectivity index (χ1) is 21.3. The SMILES string of the molecule is C/C=C(/Cc1c2ccccc2cc2ccccc12)c1ccc(N(c2ccccc2)c2ccc(-c3ccccc3)cc2)cc1. The number of anilines is 3. The summed E-state index contributed by atoms with van der Waals surface area (Å²) in [6, 6.07) is 58.9. The maximum atomic E-state index is 2.33. The summed E-state index contributed by atoms with van der Waals surface area (Å²) in [6.07, 6.45) is 3.14. The maximum Gasteiger partial charge on any atom is 0.0462 e. The van der Waals surface area contributed by atoms with Gasteiger partial charge in [-0.15, -0.1) is 0 Å². The van der Waals surface area contributed by atoms with Crippen molar-refractivity contribution in [3.05, 3.63) is 181 Å². The molecule has 1 heteroatoms. The summed E-state index contributed by atoms with van der Waals surface area (Å²) in [6.45, 7) is 2.15. The summed E-state index contributed by atoms with van der Waals surface area (Å²) in [4.78, 5) is 2.33. The molecule has 0 aromatic heterocycles. The van der Waals surface area contributed by atoms with Gasteiger partial charge in [-0.3, -0.25) is 0 Å². The number of nitrogens with zero attached hydrogens (tertiary/aromatic N) is 1. The molecule has 0 spiro atoms. The van der Waals surface area contributed by atoms with E-state index in [1.54, 1.807) is 0 Å². The van der Waals surface area contributed by atoms with Crippen LogP contribution in [0.2, 0.25) is 0 Å². The number of fused-ring (bicyclic) bond motifs is 2. The van der Waals surface area contributed by atoms with Gasteiger partial charge in [-0.05, 0) is 105 Å². The molecule has 0 unspecified atom stereocenters. The third kappa shape index (κ3) is 5.34. The van der Waals surface area contributed by atoms with Gasteiger partial charge in [-0.1, -0.05) is 127 Å². The maximum absolute atomic E-state index is 2.33. The summed E-state index contributed by atoms with van der Waals surface area (Å²) in [5.74, 6) is 0. The van der Waals surface area contributed by atoms with E-state index in [2.05, 4.69) is 182 Å². The van der Waals surface area contributed by atoms with Crippen molar-refractivity contribution in [1.29, 1.82) is 0 Å². The van der Waals surface area contributed by atoms with Crippen LogP contribution in [0.5, 0.6) is 0 Å². The summed E-state index contributed by atoms with van der Waals surface area (Å²) in [7, 11) is 0. The zero-order valence-corrected chi connectivity index (χ0v) is 24.3. The quantitative estimate of drug-likeness (QED) is 0.178. The highest BCUT2D eigenvalue weighted by Crippen LogP contribution is 2.37. The smallest absolute Gasteiger partial charge is 0.0462 e. The zero-order valence-electron chi connectivity index (χ0n) is 24.3. The summed E-state index contributed by atoms with van der Waals surface area (Å²) in [5, 5.41) is 5.23. The van der Waals surface area contributed by atoms with Crippen molar-refractivity contribution in [3.8, 4) is 11.1 Å². The van der Waals surface area contributed by atoms with Crippen molar-refractivity contribution in [2.24, 2.45) is 0 Å². The molecule has 0 radical (unpaired) electrons. The highest BCUT2D eigenvalue weighted by atomic mass is 15.1. The average molecular weight is 552 g/mol. The Bertz CT molecular complexity index is 1970. The lowest BCUT2D eigenvalue weighted by Crippen LogP contribution is -2.09. The van der Waals surface area contributed by atoms with Crippen LogP contribution in [-0.2, 0) is 6.42 Å². The van der Waals surface area contributed by atoms with Crippen LogP contribution in [0.25, 0.3) is 38.2 Å². The Morgan fingerprint density at radius 1 is 0.488 bits per heavy atom. The molecule has 7 rings (SSSR count). The van der Waals surface area contributed by atoms with E-state index in [1.165, 1.54) is 49.4 Å². The van der Waals surface area contributed by atoms with Crippen LogP contribution in [0, 0.1) is 0 Å². The molecule has 0 amide bonds. The number of hydrogen-bond acceptors (Lipinski definition) is 1. The van der Waals surface area contributed by atoms with Crippen LogP contribution < -0.4 is 4.90 Å². The standard InChI is InChI=1S/C42H33N/c1-2-31(30-42-40-19-11-9-15-35(40)29-36-16-10-12-20-41(36)42)33-21-25-38(26-22-33)43(37-17-7-4-8-18-37)39-27-23-34(24-28-39)32-13-5-3-6-14-32/h2-29H,30H2,1H3/b31-2-. The Morgan fingerprint density at radius 2 is 0.953 bits per heavy atom. The van der Waals surface area contributed by atoms with Crippen LogP contribution in [0.3, 0.4) is 0 Å². The van der Waals surface area contributed by atoms with Gasteiger partial charge in [0.1, 0.15) is 0 Å². The minimum absolute atomic E-state index is 0.876. The molecular formula is C42H33N. The number of benzene rings is 7. The summed E-state index contributed by atoms with van der Waals surface area (Å²) in [5.41, 5.74) is 9.79. The Hall–Kier alpha value is -5.40. The van der Waals surface area contributed by atoms with Crippen molar-refractivity contribution < 1.29 is 0 Å². The molecule has 0 aliphatic carbocycles. The minimum Gasteiger partial charge on any atom is -0.311 e. The molecule has 7 aromatic carbocycles. The van der Waals surface area contributed by atoms with E-state index in [-0.39, 0.29) is 0 Å². The van der Waals surface area contributed by atoms with Gasteiger partial charge in [0.15, 0.2) is 0 Å². The van der Waals surface area contributed by atoms with E-state index in [0.29, 0.717) is 0 Å². The van der Waals surface area contributed by atoms with Crippen LogP contribution in [0.1, 0.15) is 18.1 Å². The van der Waals surface area contributed by atoms with Crippen molar-refractivity contribution in [2.75, 3.05) is 4.90 Å². The minimum atomic E-state index is 0.876. The van der Waals surface area contributed by atoms with Gasteiger partial charge in [0.25, 0.3) is 0 Å². The fourth-order valence-corrected chi connectivity index (χ4v) is 6.14. The number of para-hydroxylation sites is 1. The fourth-order valence-electron chi connectivity index (χ4n) is 6.14. The average Bonchev–Trinajstić information content (AvgIpc) is 3.08. The van der Waals surface area contributed by atoms with E-state index < -0.39 is 0 Å². The van der Waals surface area contributed by atoms with Crippen molar-refractivity contribution in [1.82, 2.24) is 0 Å². The van der Waals surface area contributed by atoms with E-state index in [0.717, 1.165) is 23.5 Å². The second-order valence-electron chi connectivity index (χ2n) is 10.9. The first-order valence-electron chi connectivity index (χ1n) is 14.9. The van der Waals surface area contributed by atoms with E-state index in [4.69, 9.17) is 0 Å². The first kappa shape index (κ1) is 26.5. The molecule has 0 aliphatic rings. The highest BCUT2D eigenvalue weighted by Gasteiger charge is 2.15. The third-order valence-corrected chi connectivity index (χ3v) is 8.34. The molecular weight excluding hydrogens is 518 g/mol. The second-order valence-corrected chi connectivity index (χ2v) is 10.9. The second kappa shape index (κ2) is 11.8. The Labute approximate surface area is 254 Å². The molecule has 0 saturated carbocycles.